The van der Waals surface area contributed by atoms with Gasteiger partial charge in [-0.25, -0.2) is 4.21 Å². The van der Waals surface area contributed by atoms with Crippen molar-refractivity contribution < 1.29 is 18.9 Å². The van der Waals surface area contributed by atoms with Crippen molar-refractivity contribution in [2.75, 3.05) is 23.5 Å². The molecule has 4 rings (SSSR count). The number of hydrogen-bond acceptors (Lipinski definition) is 7. The Bertz CT molecular complexity index is 1430. The van der Waals surface area contributed by atoms with Crippen LogP contribution in [0.5, 0.6) is 0 Å². The summed E-state index contributed by atoms with van der Waals surface area (Å²) >= 11 is 9.17. The van der Waals surface area contributed by atoms with Gasteiger partial charge in [0.25, 0.3) is 5.91 Å². The molecule has 37 heavy (non-hydrogen) atoms. The van der Waals surface area contributed by atoms with Gasteiger partial charge in [0.1, 0.15) is 12.4 Å². The maximum atomic E-state index is 13.0. The lowest BCUT2D eigenvalue weighted by Crippen LogP contribution is -2.27. The molecule has 0 aliphatic carbocycles. The minimum absolute atomic E-state index is 0.338. The molecule has 1 heterocycles. The monoisotopic (exact) mass is 554 g/mol. The summed E-state index contributed by atoms with van der Waals surface area (Å²) < 4.78 is 18.2. The predicted molar refractivity (Wildman–Crippen MR) is 157 cm³/mol. The van der Waals surface area contributed by atoms with E-state index in [0.717, 1.165) is 44.9 Å². The van der Waals surface area contributed by atoms with Gasteiger partial charge in [0.2, 0.25) is 0 Å². The molecule has 1 aliphatic heterocycles. The third kappa shape index (κ3) is 5.75. The van der Waals surface area contributed by atoms with Crippen molar-refractivity contribution in [3.63, 3.8) is 0 Å². The Morgan fingerprint density at radius 3 is 2.57 bits per heavy atom. The first-order valence-corrected chi connectivity index (χ1v) is 14.1. The van der Waals surface area contributed by atoms with E-state index >= 15 is 0 Å². The number of fused-ring (bicyclic) bond motifs is 1. The molecule has 2 N–H and O–H groups in total. The second kappa shape index (κ2) is 11.8. The largest absolute Gasteiger partial charge is 0.491 e. The van der Waals surface area contributed by atoms with Gasteiger partial charge in [0, 0.05) is 43.2 Å². The molecular weight excluding hydrogens is 525 g/mol. The van der Waals surface area contributed by atoms with Crippen LogP contribution in [0, 0.1) is 6.92 Å². The summed E-state index contributed by atoms with van der Waals surface area (Å²) in [5.41, 5.74) is 3.34. The van der Waals surface area contributed by atoms with E-state index in [-0.39, 0.29) is 0 Å². The number of carbonyl (C=O) groups is 1. The van der Waals surface area contributed by atoms with Crippen molar-refractivity contribution in [3.8, 4) is 0 Å². The summed E-state index contributed by atoms with van der Waals surface area (Å²) in [7, 11) is -1.12. The van der Waals surface area contributed by atoms with E-state index in [1.54, 1.807) is 35.7 Å². The van der Waals surface area contributed by atoms with Crippen LogP contribution in [0.4, 0.5) is 11.4 Å². The first kappa shape index (κ1) is 27.3. The average Bonchev–Trinajstić information content (AvgIpc) is 3.15. The van der Waals surface area contributed by atoms with Crippen molar-refractivity contribution in [1.29, 1.82) is 0 Å². The molecule has 0 saturated heterocycles. The second-order valence-electron chi connectivity index (χ2n) is 8.78. The molecule has 0 saturated carbocycles. The zero-order valence-electron chi connectivity index (χ0n) is 20.9. The number of anilines is 2. The number of hydroxylamine groups is 1. The van der Waals surface area contributed by atoms with Crippen LogP contribution in [0.2, 0.25) is 0 Å². The minimum atomic E-state index is -1.12. The molecule has 1 amide bonds. The Hall–Kier alpha value is -2.72. The number of nitrogens with zero attached hydrogens (tertiary/aromatic N) is 1. The smallest absolute Gasteiger partial charge is 0.282 e. The molecule has 3 aromatic rings. The predicted octanol–water partition coefficient (Wildman–Crippen LogP) is 6.87. The Labute approximate surface area is 230 Å². The van der Waals surface area contributed by atoms with Gasteiger partial charge in [0.15, 0.2) is 0 Å². The Morgan fingerprint density at radius 1 is 1.14 bits per heavy atom. The van der Waals surface area contributed by atoms with Crippen LogP contribution in [0.15, 0.2) is 80.0 Å². The van der Waals surface area contributed by atoms with Crippen molar-refractivity contribution >= 4 is 64.1 Å². The van der Waals surface area contributed by atoms with Crippen LogP contribution >= 0.6 is 25.3 Å². The van der Waals surface area contributed by atoms with Crippen LogP contribution in [0.3, 0.4) is 0 Å². The first-order valence-electron chi connectivity index (χ1n) is 12.0. The number of aryl methyl sites for hydroxylation is 1. The SMILES string of the molecule is CCCC1=C(C)S(=O)C=C1OCCNc1c(S)cc2cc(S)cc(N(O)C(=O)c3ccccc3)c2c1C. The van der Waals surface area contributed by atoms with Gasteiger partial charge in [-0.05, 0) is 61.5 Å². The highest BCUT2D eigenvalue weighted by Gasteiger charge is 2.23. The standard InChI is InChI=1S/C28H30N2O4S3/c1-4-8-22-18(3)37(33)16-24(22)34-12-11-29-27-17(2)26-20(14-25(27)36)13-21(35)15-23(26)30(32)28(31)19-9-6-5-7-10-19/h5-7,9-10,13-16,29,32,35-36H,4,8,11-12H2,1-3H3. The number of amides is 1. The summed E-state index contributed by atoms with van der Waals surface area (Å²) in [6.07, 6.45) is 1.78. The van der Waals surface area contributed by atoms with Crippen LogP contribution in [0.25, 0.3) is 10.8 Å². The lowest BCUT2D eigenvalue weighted by Gasteiger charge is -2.22. The van der Waals surface area contributed by atoms with Crippen LogP contribution in [-0.4, -0.2) is 28.5 Å². The minimum Gasteiger partial charge on any atom is -0.491 e. The molecule has 0 aromatic heterocycles. The normalized spacial score (nSPS) is 15.2. The Balaban J connectivity index is 1.58. The molecule has 1 atom stereocenters. The van der Waals surface area contributed by atoms with Gasteiger partial charge in [-0.3, -0.25) is 10.0 Å². The maximum absolute atomic E-state index is 13.0. The molecule has 6 nitrogen and oxygen atoms in total. The van der Waals surface area contributed by atoms with Gasteiger partial charge in [-0.1, -0.05) is 31.5 Å². The van der Waals surface area contributed by atoms with Crippen LogP contribution in [-0.2, 0) is 15.5 Å². The molecule has 1 unspecified atom stereocenters. The third-order valence-corrected chi connectivity index (χ3v) is 8.16. The number of rotatable bonds is 9. The average molecular weight is 555 g/mol. The fraction of sp³-hybridized carbons (Fsp3) is 0.250. The highest BCUT2D eigenvalue weighted by atomic mass is 32.2. The maximum Gasteiger partial charge on any atom is 0.282 e. The zero-order chi connectivity index (χ0) is 26.7. The van der Waals surface area contributed by atoms with E-state index in [1.165, 1.54) is 0 Å². The lowest BCUT2D eigenvalue weighted by molar-refractivity contribution is 0.0855. The molecule has 9 heteroatoms. The molecule has 0 bridgehead atoms. The van der Waals surface area contributed by atoms with Gasteiger partial charge >= 0.3 is 0 Å². The molecule has 1 aliphatic rings. The van der Waals surface area contributed by atoms with Gasteiger partial charge in [-0.2, -0.15) is 5.06 Å². The summed E-state index contributed by atoms with van der Waals surface area (Å²) in [4.78, 5) is 15.2. The molecule has 3 aromatic carbocycles. The van der Waals surface area contributed by atoms with E-state index in [1.807, 2.05) is 32.0 Å². The highest BCUT2D eigenvalue weighted by Crippen LogP contribution is 2.39. The van der Waals surface area contributed by atoms with Crippen molar-refractivity contribution in [2.45, 2.75) is 43.4 Å². The number of ether oxygens (including phenoxy) is 1. The Kier molecular flexibility index (Phi) is 8.69. The number of allylic oxidation sites excluding steroid dienone is 2. The number of benzene rings is 3. The van der Waals surface area contributed by atoms with E-state index < -0.39 is 16.7 Å². The van der Waals surface area contributed by atoms with Crippen LogP contribution < -0.4 is 10.4 Å². The fourth-order valence-electron chi connectivity index (χ4n) is 4.45. The summed E-state index contributed by atoms with van der Waals surface area (Å²) in [6.45, 7) is 6.74. The summed E-state index contributed by atoms with van der Waals surface area (Å²) in [5.74, 6) is 0.159. The van der Waals surface area contributed by atoms with E-state index in [4.69, 9.17) is 4.74 Å². The number of carbonyl (C=O) groups excluding carboxylic acids is 1. The number of nitrogens with one attached hydrogen (secondary N) is 1. The van der Waals surface area contributed by atoms with Crippen molar-refractivity contribution in [2.24, 2.45) is 0 Å². The molecule has 0 fully saturated rings. The van der Waals surface area contributed by atoms with Crippen molar-refractivity contribution in [3.05, 3.63) is 81.3 Å². The highest BCUT2D eigenvalue weighted by molar-refractivity contribution is 7.92. The Morgan fingerprint density at radius 2 is 1.86 bits per heavy atom. The quantitative estimate of drug-likeness (QED) is 0.101. The van der Waals surface area contributed by atoms with E-state index in [2.05, 4.69) is 37.5 Å². The fourth-order valence-corrected chi connectivity index (χ4v) is 6.13. The summed E-state index contributed by atoms with van der Waals surface area (Å²) in [6, 6.07) is 14.0. The molecular formula is C28H30N2O4S3. The van der Waals surface area contributed by atoms with E-state index in [0.29, 0.717) is 45.5 Å². The van der Waals surface area contributed by atoms with Crippen molar-refractivity contribution in [1.82, 2.24) is 0 Å². The zero-order valence-corrected chi connectivity index (χ0v) is 23.6. The van der Waals surface area contributed by atoms with Gasteiger partial charge in [-0.15, -0.1) is 25.3 Å². The van der Waals surface area contributed by atoms with Gasteiger partial charge in [0.05, 0.1) is 22.2 Å². The molecule has 0 spiro atoms. The van der Waals surface area contributed by atoms with Gasteiger partial charge < -0.3 is 10.1 Å². The topological polar surface area (TPSA) is 78.9 Å². The number of hydrogen-bond donors (Lipinski definition) is 4. The summed E-state index contributed by atoms with van der Waals surface area (Å²) in [5, 5.41) is 18.2. The van der Waals surface area contributed by atoms with E-state index in [9.17, 15) is 14.2 Å². The lowest BCUT2D eigenvalue weighted by atomic mass is 10.0. The second-order valence-corrected chi connectivity index (χ2v) is 11.2. The van der Waals surface area contributed by atoms with Crippen LogP contribution in [0.1, 0.15) is 42.6 Å². The number of thiol groups is 2. The molecule has 0 radical (unpaired) electrons. The third-order valence-electron chi connectivity index (χ3n) is 6.27. The first-order chi connectivity index (χ1) is 17.7. The molecule has 194 valence electrons.